The van der Waals surface area contributed by atoms with Gasteiger partial charge >= 0.3 is 5.97 Å². The quantitative estimate of drug-likeness (QED) is 0.592. The van der Waals surface area contributed by atoms with E-state index in [1.807, 2.05) is 0 Å². The van der Waals surface area contributed by atoms with Gasteiger partial charge in [0.2, 0.25) is 0 Å². The summed E-state index contributed by atoms with van der Waals surface area (Å²) in [4.78, 5) is 11.6. The monoisotopic (exact) mass is 280 g/mol. The van der Waals surface area contributed by atoms with Gasteiger partial charge in [0.1, 0.15) is 5.75 Å². The summed E-state index contributed by atoms with van der Waals surface area (Å²) in [6, 6.07) is 3.46. The molecule has 5 heteroatoms. The fourth-order valence-electron chi connectivity index (χ4n) is 1.70. The Morgan fingerprint density at radius 2 is 1.60 bits per heavy atom. The van der Waals surface area contributed by atoms with Crippen LogP contribution < -0.4 is 14.2 Å². The zero-order valence-electron chi connectivity index (χ0n) is 12.5. The molecule has 0 spiro atoms. The number of ether oxygens (including phenoxy) is 4. The summed E-state index contributed by atoms with van der Waals surface area (Å²) < 4.78 is 20.7. The second-order valence-electron chi connectivity index (χ2n) is 4.00. The van der Waals surface area contributed by atoms with Crippen LogP contribution in [0.4, 0.5) is 0 Å². The van der Waals surface area contributed by atoms with E-state index in [1.165, 1.54) is 0 Å². The van der Waals surface area contributed by atoms with Crippen molar-refractivity contribution in [1.82, 2.24) is 0 Å². The molecule has 0 radical (unpaired) electrons. The molecule has 0 saturated heterocycles. The molecule has 0 saturated carbocycles. The van der Waals surface area contributed by atoms with Crippen molar-refractivity contribution in [2.24, 2.45) is 0 Å². The fraction of sp³-hybridized carbons (Fsp3) is 0.400. The molecular weight excluding hydrogens is 260 g/mol. The summed E-state index contributed by atoms with van der Waals surface area (Å²) in [5.41, 5.74) is 1.20. The molecule has 0 aliphatic rings. The zero-order valence-corrected chi connectivity index (χ0v) is 12.5. The number of hydrogen-bond acceptors (Lipinski definition) is 5. The molecule has 0 amide bonds. The van der Waals surface area contributed by atoms with Crippen LogP contribution in [-0.2, 0) is 9.53 Å². The molecule has 0 unspecified atom stereocenters. The van der Waals surface area contributed by atoms with Gasteiger partial charge in [-0.3, -0.25) is 0 Å². The third-order valence-corrected chi connectivity index (χ3v) is 2.71. The van der Waals surface area contributed by atoms with Gasteiger partial charge in [0, 0.05) is 17.2 Å². The zero-order chi connectivity index (χ0) is 15.1. The van der Waals surface area contributed by atoms with Crippen molar-refractivity contribution in [3.8, 4) is 17.2 Å². The van der Waals surface area contributed by atoms with Gasteiger partial charge in [-0.1, -0.05) is 0 Å². The molecular formula is C15H20O5. The first-order chi connectivity index (χ1) is 9.57. The van der Waals surface area contributed by atoms with Crippen LogP contribution in [-0.4, -0.2) is 33.9 Å². The predicted molar refractivity (Wildman–Crippen MR) is 76.4 cm³/mol. The van der Waals surface area contributed by atoms with E-state index < -0.39 is 0 Å². The van der Waals surface area contributed by atoms with E-state index in [9.17, 15) is 4.79 Å². The van der Waals surface area contributed by atoms with Crippen molar-refractivity contribution in [1.29, 1.82) is 0 Å². The van der Waals surface area contributed by atoms with Crippen LogP contribution >= 0.6 is 0 Å². The van der Waals surface area contributed by atoms with Crippen LogP contribution in [0.15, 0.2) is 17.7 Å². The van der Waals surface area contributed by atoms with Crippen molar-refractivity contribution in [3.63, 3.8) is 0 Å². The lowest BCUT2D eigenvalue weighted by atomic mass is 10.1. The van der Waals surface area contributed by atoms with Gasteiger partial charge in [-0.25, -0.2) is 4.79 Å². The summed E-state index contributed by atoms with van der Waals surface area (Å²) in [6.45, 7) is 3.80. The van der Waals surface area contributed by atoms with Crippen LogP contribution in [0.1, 0.15) is 19.4 Å². The number of benzene rings is 1. The minimum Gasteiger partial charge on any atom is -0.496 e. The fourth-order valence-corrected chi connectivity index (χ4v) is 1.70. The Morgan fingerprint density at radius 1 is 1.05 bits per heavy atom. The molecule has 20 heavy (non-hydrogen) atoms. The molecule has 0 aliphatic heterocycles. The predicted octanol–water partition coefficient (Wildman–Crippen LogP) is 2.68. The van der Waals surface area contributed by atoms with E-state index in [1.54, 1.807) is 53.4 Å². The number of rotatable bonds is 6. The van der Waals surface area contributed by atoms with Gasteiger partial charge in [-0.15, -0.1) is 0 Å². The van der Waals surface area contributed by atoms with Gasteiger partial charge in [-0.05, 0) is 26.0 Å². The maximum absolute atomic E-state index is 11.6. The molecule has 1 aromatic carbocycles. The molecule has 5 nitrogen and oxygen atoms in total. The normalized spacial score (nSPS) is 10.9. The van der Waals surface area contributed by atoms with Crippen molar-refractivity contribution < 1.29 is 23.7 Å². The molecule has 0 aromatic heterocycles. The Balaban J connectivity index is 3.22. The van der Waals surface area contributed by atoms with E-state index >= 15 is 0 Å². The van der Waals surface area contributed by atoms with Crippen molar-refractivity contribution in [3.05, 3.63) is 23.3 Å². The first-order valence-corrected chi connectivity index (χ1v) is 6.22. The first kappa shape index (κ1) is 15.9. The summed E-state index contributed by atoms with van der Waals surface area (Å²) in [5, 5.41) is 0. The van der Waals surface area contributed by atoms with Crippen LogP contribution in [0.2, 0.25) is 0 Å². The average molecular weight is 280 g/mol. The molecule has 0 bridgehead atoms. The van der Waals surface area contributed by atoms with Gasteiger partial charge in [0.15, 0.2) is 11.5 Å². The molecule has 0 fully saturated rings. The van der Waals surface area contributed by atoms with Crippen LogP contribution in [0, 0.1) is 0 Å². The lowest BCUT2D eigenvalue weighted by Crippen LogP contribution is -2.05. The Kier molecular flexibility index (Phi) is 5.90. The van der Waals surface area contributed by atoms with Gasteiger partial charge < -0.3 is 18.9 Å². The highest BCUT2D eigenvalue weighted by Gasteiger charge is 2.12. The van der Waals surface area contributed by atoms with Crippen LogP contribution in [0.5, 0.6) is 17.2 Å². The van der Waals surface area contributed by atoms with E-state index in [4.69, 9.17) is 18.9 Å². The molecule has 0 atom stereocenters. The largest absolute Gasteiger partial charge is 0.496 e. The third-order valence-electron chi connectivity index (χ3n) is 2.71. The smallest absolute Gasteiger partial charge is 0.333 e. The van der Waals surface area contributed by atoms with Gasteiger partial charge in [0.25, 0.3) is 0 Å². The summed E-state index contributed by atoms with van der Waals surface area (Å²) in [6.07, 6.45) is 1.69. The minimum atomic E-state index is -0.357. The number of methoxy groups -OCH3 is 3. The lowest BCUT2D eigenvalue weighted by molar-refractivity contribution is -0.138. The highest BCUT2D eigenvalue weighted by atomic mass is 16.5. The number of hydrogen-bond donors (Lipinski definition) is 0. The highest BCUT2D eigenvalue weighted by Crippen LogP contribution is 2.35. The summed E-state index contributed by atoms with van der Waals surface area (Å²) >= 11 is 0. The van der Waals surface area contributed by atoms with E-state index in [2.05, 4.69) is 0 Å². The van der Waals surface area contributed by atoms with Crippen LogP contribution in [0.3, 0.4) is 0 Å². The second-order valence-corrected chi connectivity index (χ2v) is 4.00. The lowest BCUT2D eigenvalue weighted by Gasteiger charge is -2.12. The molecule has 1 rings (SSSR count). The summed E-state index contributed by atoms with van der Waals surface area (Å²) in [5.74, 6) is 1.36. The Hall–Kier alpha value is -2.17. The highest BCUT2D eigenvalue weighted by molar-refractivity contribution is 5.93. The first-order valence-electron chi connectivity index (χ1n) is 6.22. The van der Waals surface area contributed by atoms with Crippen LogP contribution in [0.25, 0.3) is 6.08 Å². The topological polar surface area (TPSA) is 54.0 Å². The third kappa shape index (κ3) is 3.66. The summed E-state index contributed by atoms with van der Waals surface area (Å²) in [7, 11) is 4.66. The maximum Gasteiger partial charge on any atom is 0.333 e. The Morgan fingerprint density at radius 3 is 2.10 bits per heavy atom. The van der Waals surface area contributed by atoms with Crippen molar-refractivity contribution in [2.75, 3.05) is 27.9 Å². The number of carbonyl (C=O) groups is 1. The maximum atomic E-state index is 11.6. The van der Waals surface area contributed by atoms with Crippen molar-refractivity contribution >= 4 is 12.0 Å². The Labute approximate surface area is 119 Å². The Bertz CT molecular complexity index is 505. The molecule has 0 heterocycles. The van der Waals surface area contributed by atoms with Crippen molar-refractivity contribution in [2.45, 2.75) is 13.8 Å². The van der Waals surface area contributed by atoms with Gasteiger partial charge in [-0.2, -0.15) is 0 Å². The average Bonchev–Trinajstić information content (AvgIpc) is 2.46. The van der Waals surface area contributed by atoms with Gasteiger partial charge in [0.05, 0.1) is 27.9 Å². The van der Waals surface area contributed by atoms with E-state index in [0.717, 1.165) is 5.56 Å². The molecule has 0 N–H and O–H groups in total. The molecule has 1 aromatic rings. The van der Waals surface area contributed by atoms with E-state index in [0.29, 0.717) is 29.4 Å². The second kappa shape index (κ2) is 7.43. The SMILES string of the molecule is CCOC(=O)/C(C)=C/c1cc(OC)c(OC)cc1OC. The van der Waals surface area contributed by atoms with E-state index in [-0.39, 0.29) is 5.97 Å². The minimum absolute atomic E-state index is 0.340. The number of esters is 1. The standard InChI is InChI=1S/C15H20O5/c1-6-20-15(16)10(2)7-11-8-13(18-4)14(19-5)9-12(11)17-3/h7-9H,6H2,1-5H3/b10-7+. The molecule has 0 aliphatic carbocycles. The molecule has 110 valence electrons. The number of carbonyl (C=O) groups excluding carboxylic acids is 1.